The summed E-state index contributed by atoms with van der Waals surface area (Å²) in [6, 6.07) is 19.2. The Morgan fingerprint density at radius 1 is 1.02 bits per heavy atom. The fraction of sp³-hybridized carbons (Fsp3) is 0.258. The molecule has 1 unspecified atom stereocenters. The van der Waals surface area contributed by atoms with Crippen LogP contribution < -0.4 is 15.4 Å². The van der Waals surface area contributed by atoms with Crippen molar-refractivity contribution < 1.29 is 29.1 Å². The van der Waals surface area contributed by atoms with Crippen LogP contribution in [0.3, 0.4) is 0 Å². The number of carbonyl (C=O) groups excluding carboxylic acids is 2. The number of nitrogens with one attached hydrogen (secondary N) is 2. The lowest BCUT2D eigenvalue weighted by Gasteiger charge is -2.19. The summed E-state index contributed by atoms with van der Waals surface area (Å²) in [5.41, 5.74) is 1.98. The average Bonchev–Trinajstić information content (AvgIpc) is 3.47. The Balaban J connectivity index is 1.14. The molecule has 1 atom stereocenters. The van der Waals surface area contributed by atoms with Gasteiger partial charge in [-0.2, -0.15) is 0 Å². The van der Waals surface area contributed by atoms with Crippen molar-refractivity contribution in [3.63, 3.8) is 0 Å². The summed E-state index contributed by atoms with van der Waals surface area (Å²) >= 11 is -0.0808. The van der Waals surface area contributed by atoms with Gasteiger partial charge in [-0.15, -0.1) is 11.3 Å². The molecule has 3 aromatic carbocycles. The van der Waals surface area contributed by atoms with Crippen LogP contribution in [0.5, 0.6) is 5.75 Å². The Morgan fingerprint density at radius 3 is 2.56 bits per heavy atom. The van der Waals surface area contributed by atoms with Crippen molar-refractivity contribution in [2.45, 2.75) is 22.8 Å². The normalized spacial score (nSPS) is 14.0. The molecule has 1 aliphatic heterocycles. The number of carbonyl (C=O) groups is 2. The van der Waals surface area contributed by atoms with Gasteiger partial charge in [-0.1, -0.05) is 12.1 Å². The number of hydrogen-bond donors (Lipinski definition) is 4. The van der Waals surface area contributed by atoms with Crippen molar-refractivity contribution in [2.24, 2.45) is 0 Å². The number of amides is 2. The third-order valence-corrected chi connectivity index (χ3v) is 9.38. The van der Waals surface area contributed by atoms with E-state index >= 15 is 0 Å². The number of aliphatic hydroxyl groups excluding tert-OH is 2. The van der Waals surface area contributed by atoms with E-state index in [2.05, 4.69) is 15.6 Å². The van der Waals surface area contributed by atoms with Crippen LogP contribution in [0.1, 0.15) is 32.0 Å². The molecule has 0 radical (unpaired) electrons. The van der Waals surface area contributed by atoms with Crippen molar-refractivity contribution in [1.82, 2.24) is 15.2 Å². The number of ether oxygens (including phenoxy) is 1. The molecule has 4 aromatic rings. The molecule has 0 saturated heterocycles. The summed E-state index contributed by atoms with van der Waals surface area (Å²) in [4.78, 5) is 33.9. The number of fused-ring (bicyclic) bond motifs is 2. The number of aromatic nitrogens is 1. The van der Waals surface area contributed by atoms with E-state index in [1.54, 1.807) is 48.7 Å². The molecular weight excluding hydrogens is 588 g/mol. The molecule has 0 saturated carbocycles. The van der Waals surface area contributed by atoms with Crippen LogP contribution in [0.15, 0.2) is 82.7 Å². The zero-order chi connectivity index (χ0) is 30.2. The van der Waals surface area contributed by atoms with Crippen LogP contribution in [0.25, 0.3) is 10.6 Å². The number of hydrogen-bond acceptors (Lipinski definition) is 9. The minimum Gasteiger partial charge on any atom is -0.606 e. The lowest BCUT2D eigenvalue weighted by molar-refractivity contribution is 0.0949. The first kappa shape index (κ1) is 30.7. The summed E-state index contributed by atoms with van der Waals surface area (Å²) < 4.78 is 18.9. The molecule has 0 aliphatic carbocycles. The predicted molar refractivity (Wildman–Crippen MR) is 165 cm³/mol. The zero-order valence-electron chi connectivity index (χ0n) is 23.3. The monoisotopic (exact) mass is 620 g/mol. The molecule has 12 heteroatoms. The van der Waals surface area contributed by atoms with Crippen LogP contribution in [-0.4, -0.2) is 75.9 Å². The molecule has 1 aromatic heterocycles. The van der Waals surface area contributed by atoms with Gasteiger partial charge in [0.25, 0.3) is 11.8 Å². The van der Waals surface area contributed by atoms with Crippen LogP contribution in [0.2, 0.25) is 0 Å². The smallest absolute Gasteiger partial charge is 0.260 e. The first-order valence-electron chi connectivity index (χ1n) is 13.8. The SMILES string of the molecule is O=C(NCc1cnc(-c2ccc(OCCCN(CCO)CCO)cc2)s1)c1ccc2c(c1)NC(=O)c1ccccc1[S+]2[O-]. The Kier molecular flexibility index (Phi) is 10.4. The number of rotatable bonds is 13. The first-order valence-corrected chi connectivity index (χ1v) is 15.8. The molecule has 0 bridgehead atoms. The van der Waals surface area contributed by atoms with Gasteiger partial charge in [-0.05, 0) is 61.0 Å². The fourth-order valence-corrected chi connectivity index (χ4v) is 6.80. The van der Waals surface area contributed by atoms with Gasteiger partial charge in [0.1, 0.15) is 10.8 Å². The summed E-state index contributed by atoms with van der Waals surface area (Å²) in [6.45, 7) is 2.71. The van der Waals surface area contributed by atoms with Crippen molar-refractivity contribution in [2.75, 3.05) is 44.8 Å². The zero-order valence-corrected chi connectivity index (χ0v) is 25.0. The molecular formula is C31H32N4O6S2. The van der Waals surface area contributed by atoms with Gasteiger partial charge >= 0.3 is 0 Å². The third-order valence-electron chi connectivity index (χ3n) is 6.82. The second-order valence-corrected chi connectivity index (χ2v) is 12.3. The third kappa shape index (κ3) is 7.60. The minimum atomic E-state index is -1.55. The summed E-state index contributed by atoms with van der Waals surface area (Å²) in [5, 5.41) is 24.7. The van der Waals surface area contributed by atoms with E-state index < -0.39 is 11.2 Å². The van der Waals surface area contributed by atoms with E-state index in [4.69, 9.17) is 14.9 Å². The number of benzene rings is 3. The Bertz CT molecular complexity index is 1560. The van der Waals surface area contributed by atoms with Crippen LogP contribution in [0, 0.1) is 0 Å². The quantitative estimate of drug-likeness (QED) is 0.131. The standard InChI is InChI=1S/C31H32N4O6S2/c36-15-13-35(14-16-37)12-3-17-41-23-9-6-21(7-10-23)31-33-20-24(42-31)19-32-29(38)22-8-11-28-26(18-22)34-30(39)25-4-1-2-5-27(25)43(28)40/h1-2,4-11,18,20,36-37H,3,12-17,19H2,(H,32,38)(H,34,39). The predicted octanol–water partition coefficient (Wildman–Crippen LogP) is 3.53. The molecule has 2 amide bonds. The van der Waals surface area contributed by atoms with Crippen molar-refractivity contribution in [3.05, 3.63) is 88.9 Å². The molecule has 10 nitrogen and oxygen atoms in total. The summed E-state index contributed by atoms with van der Waals surface area (Å²) in [5.74, 6) is 0.0575. The van der Waals surface area contributed by atoms with Gasteiger partial charge in [-0.25, -0.2) is 4.98 Å². The number of anilines is 1. The van der Waals surface area contributed by atoms with Gasteiger partial charge in [0.05, 0.1) is 37.6 Å². The maximum Gasteiger partial charge on any atom is 0.260 e. The molecule has 43 heavy (non-hydrogen) atoms. The Labute approximate surface area is 256 Å². The van der Waals surface area contributed by atoms with Gasteiger partial charge in [0.2, 0.25) is 0 Å². The van der Waals surface area contributed by atoms with Crippen molar-refractivity contribution in [1.29, 1.82) is 0 Å². The first-order chi connectivity index (χ1) is 21.0. The van der Waals surface area contributed by atoms with E-state index in [0.29, 0.717) is 46.3 Å². The number of nitrogens with zero attached hydrogens (tertiary/aromatic N) is 2. The lowest BCUT2D eigenvalue weighted by atomic mass is 10.1. The molecule has 5 rings (SSSR count). The van der Waals surface area contributed by atoms with Crippen molar-refractivity contribution >= 4 is 40.0 Å². The maximum absolute atomic E-state index is 13.1. The van der Waals surface area contributed by atoms with Gasteiger partial charge in [0, 0.05) is 53.0 Å². The highest BCUT2D eigenvalue weighted by Gasteiger charge is 2.30. The van der Waals surface area contributed by atoms with Gasteiger partial charge in [0.15, 0.2) is 9.79 Å². The molecule has 2 heterocycles. The second-order valence-electron chi connectivity index (χ2n) is 9.76. The van der Waals surface area contributed by atoms with Crippen LogP contribution in [-0.2, 0) is 17.7 Å². The summed E-state index contributed by atoms with van der Waals surface area (Å²) in [6.07, 6.45) is 2.50. The van der Waals surface area contributed by atoms with Crippen LogP contribution in [0.4, 0.5) is 5.69 Å². The average molecular weight is 621 g/mol. The van der Waals surface area contributed by atoms with E-state index in [0.717, 1.165) is 34.2 Å². The summed E-state index contributed by atoms with van der Waals surface area (Å²) in [7, 11) is 0. The molecule has 224 valence electrons. The highest BCUT2D eigenvalue weighted by Crippen LogP contribution is 2.34. The Hall–Kier alpha value is -3.78. The molecule has 1 aliphatic rings. The fourth-order valence-electron chi connectivity index (χ4n) is 4.64. The molecule has 0 spiro atoms. The second kappa shape index (κ2) is 14.6. The van der Waals surface area contributed by atoms with E-state index in [-0.39, 0.29) is 31.6 Å². The highest BCUT2D eigenvalue weighted by molar-refractivity contribution is 7.91. The van der Waals surface area contributed by atoms with E-state index in [1.165, 1.54) is 11.3 Å². The topological polar surface area (TPSA) is 147 Å². The minimum absolute atomic E-state index is 0.0583. The van der Waals surface area contributed by atoms with Gasteiger partial charge < -0.3 is 30.1 Å². The van der Waals surface area contributed by atoms with E-state index in [1.807, 2.05) is 29.2 Å². The highest BCUT2D eigenvalue weighted by atomic mass is 32.2. The maximum atomic E-state index is 13.1. The van der Waals surface area contributed by atoms with Gasteiger partial charge in [-0.3, -0.25) is 14.5 Å². The molecule has 0 fully saturated rings. The molecule has 4 N–H and O–H groups in total. The number of aliphatic hydroxyl groups is 2. The number of thiazole rings is 1. The van der Waals surface area contributed by atoms with E-state index in [9.17, 15) is 14.1 Å². The van der Waals surface area contributed by atoms with Crippen molar-refractivity contribution in [3.8, 4) is 16.3 Å². The van der Waals surface area contributed by atoms with Crippen LogP contribution >= 0.6 is 11.3 Å². The lowest BCUT2D eigenvalue weighted by Crippen LogP contribution is -2.31. The largest absolute Gasteiger partial charge is 0.606 e. The Morgan fingerprint density at radius 2 is 1.79 bits per heavy atom.